The van der Waals surface area contributed by atoms with Crippen molar-refractivity contribution in [1.82, 2.24) is 14.8 Å². The highest BCUT2D eigenvalue weighted by molar-refractivity contribution is 5.74. The molecule has 0 aromatic carbocycles. The van der Waals surface area contributed by atoms with Crippen LogP contribution in [0, 0.1) is 0 Å². The molecule has 0 saturated heterocycles. The molecule has 0 aliphatic carbocycles. The molecular weight excluding hydrogens is 186 g/mol. The second-order valence-electron chi connectivity index (χ2n) is 4.14. The predicted octanol–water partition coefficient (Wildman–Crippen LogP) is 3.21. The molecule has 0 saturated carbocycles. The first kappa shape index (κ1) is 11.7. The molecule has 2 heterocycles. The minimum absolute atomic E-state index is 0.00387. The number of hydrogen-bond donors (Lipinski definition) is 0. The van der Waals surface area contributed by atoms with Crippen molar-refractivity contribution >= 4 is 11.0 Å². The molecule has 2 aromatic rings. The maximum Gasteiger partial charge on any atom is 0.158 e. The van der Waals surface area contributed by atoms with Crippen LogP contribution in [0.4, 0.5) is 0 Å². The molecule has 0 bridgehead atoms. The highest BCUT2D eigenvalue weighted by Gasteiger charge is 2.16. The minimum Gasteiger partial charge on any atom is -0.242 e. The molecule has 15 heavy (non-hydrogen) atoms. The lowest BCUT2D eigenvalue weighted by Crippen LogP contribution is -2.23. The molecular formula is C12H19N3. The molecule has 3 heteroatoms. The lowest BCUT2D eigenvalue weighted by Gasteiger charge is -2.19. The smallest absolute Gasteiger partial charge is 0.158 e. The zero-order valence-electron chi connectivity index (χ0n) is 10.2. The van der Waals surface area contributed by atoms with E-state index in [2.05, 4.69) is 30.9 Å². The van der Waals surface area contributed by atoms with Crippen LogP contribution in [0.25, 0.3) is 11.0 Å². The largest absolute Gasteiger partial charge is 0.242 e. The molecule has 0 fully saturated rings. The van der Waals surface area contributed by atoms with E-state index in [9.17, 15) is 0 Å². The van der Waals surface area contributed by atoms with Crippen molar-refractivity contribution in [2.75, 3.05) is 0 Å². The normalized spacial score (nSPS) is 11.0. The average Bonchev–Trinajstić information content (AvgIpc) is 2.63. The molecule has 0 atom stereocenters. The molecule has 0 unspecified atom stereocenters. The van der Waals surface area contributed by atoms with Crippen molar-refractivity contribution in [2.45, 2.75) is 40.2 Å². The standard InChI is InChI=1S/C10H13N3.C2H6/c1-10(2,3)13-9-8(7-12-13)5-4-6-11-9;1-2/h4-7H,1-3H3;1-2H3. The van der Waals surface area contributed by atoms with E-state index in [1.807, 2.05) is 36.9 Å². The summed E-state index contributed by atoms with van der Waals surface area (Å²) in [5.74, 6) is 0. The van der Waals surface area contributed by atoms with Crippen LogP contribution < -0.4 is 0 Å². The summed E-state index contributed by atoms with van der Waals surface area (Å²) in [6.45, 7) is 10.4. The Morgan fingerprint density at radius 1 is 1.20 bits per heavy atom. The molecule has 0 spiro atoms. The molecule has 0 N–H and O–H groups in total. The second-order valence-corrected chi connectivity index (χ2v) is 4.14. The van der Waals surface area contributed by atoms with Crippen LogP contribution in [0.15, 0.2) is 24.5 Å². The number of aromatic nitrogens is 3. The highest BCUT2D eigenvalue weighted by Crippen LogP contribution is 2.18. The zero-order chi connectivity index (χ0) is 11.5. The second kappa shape index (κ2) is 4.43. The summed E-state index contributed by atoms with van der Waals surface area (Å²) in [5, 5.41) is 5.42. The van der Waals surface area contributed by atoms with Gasteiger partial charge in [0.2, 0.25) is 0 Å². The van der Waals surface area contributed by atoms with Gasteiger partial charge in [-0.1, -0.05) is 13.8 Å². The van der Waals surface area contributed by atoms with Crippen LogP contribution >= 0.6 is 0 Å². The number of nitrogens with zero attached hydrogens (tertiary/aromatic N) is 3. The van der Waals surface area contributed by atoms with Gasteiger partial charge in [0.25, 0.3) is 0 Å². The quantitative estimate of drug-likeness (QED) is 0.661. The summed E-state index contributed by atoms with van der Waals surface area (Å²) >= 11 is 0. The third kappa shape index (κ3) is 2.35. The topological polar surface area (TPSA) is 30.7 Å². The Kier molecular flexibility index (Phi) is 3.45. The summed E-state index contributed by atoms with van der Waals surface area (Å²) in [6, 6.07) is 3.95. The summed E-state index contributed by atoms with van der Waals surface area (Å²) in [4.78, 5) is 4.31. The lowest BCUT2D eigenvalue weighted by molar-refractivity contribution is 0.366. The Morgan fingerprint density at radius 2 is 1.87 bits per heavy atom. The van der Waals surface area contributed by atoms with Gasteiger partial charge in [0, 0.05) is 11.6 Å². The number of fused-ring (bicyclic) bond motifs is 1. The first-order valence-electron chi connectivity index (χ1n) is 5.38. The summed E-state index contributed by atoms with van der Waals surface area (Å²) in [6.07, 6.45) is 3.65. The van der Waals surface area contributed by atoms with Crippen molar-refractivity contribution in [2.24, 2.45) is 0 Å². The van der Waals surface area contributed by atoms with E-state index in [0.717, 1.165) is 11.0 Å². The Morgan fingerprint density at radius 3 is 2.47 bits per heavy atom. The molecule has 0 aliphatic heterocycles. The van der Waals surface area contributed by atoms with Crippen LogP contribution in [0.3, 0.4) is 0 Å². The van der Waals surface area contributed by atoms with Gasteiger partial charge in [0.1, 0.15) is 0 Å². The van der Waals surface area contributed by atoms with Crippen LogP contribution in [0.1, 0.15) is 34.6 Å². The van der Waals surface area contributed by atoms with Crippen LogP contribution in [-0.2, 0) is 5.54 Å². The van der Waals surface area contributed by atoms with Gasteiger partial charge in [-0.15, -0.1) is 0 Å². The monoisotopic (exact) mass is 205 g/mol. The molecule has 3 nitrogen and oxygen atoms in total. The Bertz CT molecular complexity index is 424. The molecule has 0 amide bonds. The predicted molar refractivity (Wildman–Crippen MR) is 63.9 cm³/mol. The zero-order valence-corrected chi connectivity index (χ0v) is 10.2. The number of pyridine rings is 1. The van der Waals surface area contributed by atoms with Gasteiger partial charge in [0.05, 0.1) is 11.7 Å². The summed E-state index contributed by atoms with van der Waals surface area (Å²) in [5.41, 5.74) is 0.950. The highest BCUT2D eigenvalue weighted by atomic mass is 15.3. The molecule has 0 radical (unpaired) electrons. The van der Waals surface area contributed by atoms with Gasteiger partial charge in [-0.25, -0.2) is 9.67 Å². The van der Waals surface area contributed by atoms with Gasteiger partial charge in [-0.05, 0) is 32.9 Å². The fourth-order valence-corrected chi connectivity index (χ4v) is 1.35. The molecule has 2 rings (SSSR count). The van der Waals surface area contributed by atoms with Gasteiger partial charge in [-0.3, -0.25) is 0 Å². The van der Waals surface area contributed by atoms with Crippen molar-refractivity contribution in [1.29, 1.82) is 0 Å². The van der Waals surface area contributed by atoms with E-state index >= 15 is 0 Å². The Hall–Kier alpha value is -1.38. The minimum atomic E-state index is -0.00387. The molecule has 82 valence electrons. The van der Waals surface area contributed by atoms with Crippen molar-refractivity contribution in [3.05, 3.63) is 24.5 Å². The fourth-order valence-electron chi connectivity index (χ4n) is 1.35. The first-order valence-corrected chi connectivity index (χ1v) is 5.38. The molecule has 2 aromatic heterocycles. The van der Waals surface area contributed by atoms with E-state index in [4.69, 9.17) is 0 Å². The summed E-state index contributed by atoms with van der Waals surface area (Å²) in [7, 11) is 0. The number of rotatable bonds is 0. The summed E-state index contributed by atoms with van der Waals surface area (Å²) < 4.78 is 1.95. The number of hydrogen-bond acceptors (Lipinski definition) is 2. The average molecular weight is 205 g/mol. The SMILES string of the molecule is CC.CC(C)(C)n1ncc2cccnc21. The maximum atomic E-state index is 4.32. The van der Waals surface area contributed by atoms with E-state index in [-0.39, 0.29) is 5.54 Å². The van der Waals surface area contributed by atoms with Gasteiger partial charge in [-0.2, -0.15) is 5.10 Å². The van der Waals surface area contributed by atoms with Crippen LogP contribution in [-0.4, -0.2) is 14.8 Å². The third-order valence-electron chi connectivity index (χ3n) is 1.97. The van der Waals surface area contributed by atoms with E-state index in [1.54, 1.807) is 6.20 Å². The van der Waals surface area contributed by atoms with Gasteiger partial charge in [0.15, 0.2) is 5.65 Å². The maximum absolute atomic E-state index is 4.32. The Balaban J connectivity index is 0.000000531. The lowest BCUT2D eigenvalue weighted by atomic mass is 10.1. The third-order valence-corrected chi connectivity index (χ3v) is 1.97. The van der Waals surface area contributed by atoms with Crippen molar-refractivity contribution in [3.63, 3.8) is 0 Å². The van der Waals surface area contributed by atoms with Crippen molar-refractivity contribution in [3.8, 4) is 0 Å². The fraction of sp³-hybridized carbons (Fsp3) is 0.500. The van der Waals surface area contributed by atoms with Crippen LogP contribution in [0.5, 0.6) is 0 Å². The van der Waals surface area contributed by atoms with E-state index in [0.29, 0.717) is 0 Å². The van der Waals surface area contributed by atoms with E-state index in [1.165, 1.54) is 0 Å². The van der Waals surface area contributed by atoms with Crippen molar-refractivity contribution < 1.29 is 0 Å². The van der Waals surface area contributed by atoms with Gasteiger partial charge < -0.3 is 0 Å². The molecule has 0 aliphatic rings. The van der Waals surface area contributed by atoms with Gasteiger partial charge >= 0.3 is 0 Å². The first-order chi connectivity index (χ1) is 7.09. The van der Waals surface area contributed by atoms with E-state index < -0.39 is 0 Å². The Labute approximate surface area is 91.1 Å². The van der Waals surface area contributed by atoms with Crippen LogP contribution in [0.2, 0.25) is 0 Å².